The predicted molar refractivity (Wildman–Crippen MR) is 102 cm³/mol. The molecular formula is C21H24N4O3. The van der Waals surface area contributed by atoms with Gasteiger partial charge in [0, 0.05) is 56.6 Å². The molecule has 0 aromatic carbocycles. The molecule has 4 heterocycles. The first-order chi connectivity index (χ1) is 13.6. The summed E-state index contributed by atoms with van der Waals surface area (Å²) in [6.45, 7) is 2.41. The largest absolute Gasteiger partial charge is 0.505 e. The molecule has 7 nitrogen and oxygen atoms in total. The van der Waals surface area contributed by atoms with E-state index in [1.54, 1.807) is 23.4 Å². The van der Waals surface area contributed by atoms with Gasteiger partial charge in [0.1, 0.15) is 5.75 Å². The van der Waals surface area contributed by atoms with Crippen molar-refractivity contribution in [3.63, 3.8) is 0 Å². The van der Waals surface area contributed by atoms with Gasteiger partial charge in [0.05, 0.1) is 0 Å². The lowest BCUT2D eigenvalue weighted by atomic mass is 9.73. The maximum Gasteiger partial charge on any atom is 0.276 e. The van der Waals surface area contributed by atoms with Crippen LogP contribution in [0, 0.1) is 5.41 Å². The van der Waals surface area contributed by atoms with Crippen LogP contribution in [0.4, 0.5) is 0 Å². The van der Waals surface area contributed by atoms with Crippen molar-refractivity contribution in [1.29, 1.82) is 0 Å². The molecule has 0 radical (unpaired) electrons. The number of aromatic hydroxyl groups is 1. The van der Waals surface area contributed by atoms with Gasteiger partial charge in [-0.05, 0) is 43.0 Å². The van der Waals surface area contributed by atoms with E-state index < -0.39 is 0 Å². The molecule has 2 aromatic rings. The number of carbonyl (C=O) groups is 2. The summed E-state index contributed by atoms with van der Waals surface area (Å²) in [4.78, 5) is 37.3. The van der Waals surface area contributed by atoms with Crippen molar-refractivity contribution >= 4 is 11.8 Å². The van der Waals surface area contributed by atoms with Crippen molar-refractivity contribution in [2.45, 2.75) is 32.2 Å². The molecule has 2 amide bonds. The lowest BCUT2D eigenvalue weighted by molar-refractivity contribution is -0.139. The van der Waals surface area contributed by atoms with Gasteiger partial charge in [0.15, 0.2) is 5.69 Å². The second-order valence-corrected chi connectivity index (χ2v) is 7.81. The Morgan fingerprint density at radius 1 is 1.18 bits per heavy atom. The van der Waals surface area contributed by atoms with E-state index in [1.807, 2.05) is 17.0 Å². The second kappa shape index (κ2) is 7.58. The van der Waals surface area contributed by atoms with Gasteiger partial charge in [0.2, 0.25) is 5.91 Å². The Bertz CT molecular complexity index is 873. The minimum absolute atomic E-state index is 0.0934. The van der Waals surface area contributed by atoms with Gasteiger partial charge in [-0.2, -0.15) is 0 Å². The maximum atomic E-state index is 12.9. The predicted octanol–water partition coefficient (Wildman–Crippen LogP) is 2.23. The number of likely N-dealkylation sites (tertiary alicyclic amines) is 2. The van der Waals surface area contributed by atoms with E-state index in [0.717, 1.165) is 24.8 Å². The highest BCUT2D eigenvalue weighted by molar-refractivity contribution is 5.94. The molecule has 1 spiro atoms. The number of hydrogen-bond acceptors (Lipinski definition) is 5. The molecule has 0 saturated carbocycles. The van der Waals surface area contributed by atoms with E-state index in [2.05, 4.69) is 9.97 Å². The minimum Gasteiger partial charge on any atom is -0.505 e. The van der Waals surface area contributed by atoms with Crippen LogP contribution in [0.3, 0.4) is 0 Å². The van der Waals surface area contributed by atoms with Crippen molar-refractivity contribution in [3.8, 4) is 5.75 Å². The second-order valence-electron chi connectivity index (χ2n) is 7.81. The quantitative estimate of drug-likeness (QED) is 0.882. The van der Waals surface area contributed by atoms with E-state index in [4.69, 9.17) is 0 Å². The van der Waals surface area contributed by atoms with E-state index >= 15 is 0 Å². The Labute approximate surface area is 164 Å². The highest BCUT2D eigenvalue weighted by Gasteiger charge is 2.43. The smallest absolute Gasteiger partial charge is 0.276 e. The third kappa shape index (κ3) is 3.69. The molecule has 2 saturated heterocycles. The minimum atomic E-state index is -0.243. The zero-order valence-corrected chi connectivity index (χ0v) is 15.8. The number of aromatic nitrogens is 2. The molecule has 0 unspecified atom stereocenters. The normalized spacial score (nSPS) is 22.5. The lowest BCUT2D eigenvalue weighted by Crippen LogP contribution is -2.54. The van der Waals surface area contributed by atoms with Gasteiger partial charge in [-0.15, -0.1) is 0 Å². The molecule has 7 heteroatoms. The third-order valence-corrected chi connectivity index (χ3v) is 5.78. The first-order valence-corrected chi connectivity index (χ1v) is 9.66. The summed E-state index contributed by atoms with van der Waals surface area (Å²) in [6, 6.07) is 6.93. The van der Waals surface area contributed by atoms with Crippen LogP contribution in [-0.4, -0.2) is 56.3 Å². The number of piperidine rings is 2. The van der Waals surface area contributed by atoms with Gasteiger partial charge in [-0.3, -0.25) is 14.6 Å². The topological polar surface area (TPSA) is 86.6 Å². The van der Waals surface area contributed by atoms with E-state index in [9.17, 15) is 14.7 Å². The Kier molecular flexibility index (Phi) is 4.98. The van der Waals surface area contributed by atoms with Crippen LogP contribution in [0.5, 0.6) is 5.75 Å². The number of pyridine rings is 2. The fraction of sp³-hybridized carbons (Fsp3) is 0.429. The summed E-state index contributed by atoms with van der Waals surface area (Å²) in [5, 5.41) is 9.99. The Morgan fingerprint density at radius 2 is 2.04 bits per heavy atom. The number of rotatable bonds is 3. The van der Waals surface area contributed by atoms with E-state index in [1.165, 1.54) is 12.3 Å². The molecule has 0 bridgehead atoms. The van der Waals surface area contributed by atoms with Crippen LogP contribution in [0.15, 0.2) is 42.9 Å². The summed E-state index contributed by atoms with van der Waals surface area (Å²) in [6.07, 6.45) is 8.18. The maximum absolute atomic E-state index is 12.9. The highest BCUT2D eigenvalue weighted by Crippen LogP contribution is 2.39. The average Bonchev–Trinajstić information content (AvgIpc) is 2.72. The van der Waals surface area contributed by atoms with Gasteiger partial charge >= 0.3 is 0 Å². The van der Waals surface area contributed by atoms with Crippen LogP contribution >= 0.6 is 0 Å². The number of amides is 2. The van der Waals surface area contributed by atoms with Gasteiger partial charge in [-0.25, -0.2) is 4.98 Å². The molecular weight excluding hydrogens is 356 g/mol. The fourth-order valence-corrected chi connectivity index (χ4v) is 4.38. The molecule has 28 heavy (non-hydrogen) atoms. The summed E-state index contributed by atoms with van der Waals surface area (Å²) in [5.41, 5.74) is 1.00. The van der Waals surface area contributed by atoms with Crippen LogP contribution in [0.25, 0.3) is 0 Å². The van der Waals surface area contributed by atoms with Gasteiger partial charge < -0.3 is 14.9 Å². The summed E-state index contributed by atoms with van der Waals surface area (Å²) in [5.74, 6) is -0.183. The van der Waals surface area contributed by atoms with Crippen molar-refractivity contribution in [1.82, 2.24) is 19.8 Å². The standard InChI is InChI=1S/C21H24N4O3/c26-17-5-2-10-23-19(17)20(28)24-11-3-7-21(14-24)8-6-18(27)25(15-21)13-16-4-1-9-22-12-16/h1-2,4-5,9-10,12,26H,3,6-8,11,13-15H2/t21-/m0/s1. The van der Waals surface area contributed by atoms with Crippen LogP contribution in [0.1, 0.15) is 41.7 Å². The summed E-state index contributed by atoms with van der Waals surface area (Å²) >= 11 is 0. The van der Waals surface area contributed by atoms with Gasteiger partial charge in [0.25, 0.3) is 5.91 Å². The molecule has 2 aliphatic heterocycles. The Morgan fingerprint density at radius 3 is 2.82 bits per heavy atom. The zero-order chi connectivity index (χ0) is 19.6. The third-order valence-electron chi connectivity index (χ3n) is 5.78. The van der Waals surface area contributed by atoms with E-state index in [-0.39, 0.29) is 28.7 Å². The first-order valence-electron chi connectivity index (χ1n) is 9.66. The number of carbonyl (C=O) groups excluding carboxylic acids is 2. The Hall–Kier alpha value is -2.96. The molecule has 2 fully saturated rings. The van der Waals surface area contributed by atoms with Crippen LogP contribution in [0.2, 0.25) is 0 Å². The lowest BCUT2D eigenvalue weighted by Gasteiger charge is -2.48. The molecule has 1 N–H and O–H groups in total. The van der Waals surface area contributed by atoms with E-state index in [0.29, 0.717) is 32.6 Å². The highest BCUT2D eigenvalue weighted by atomic mass is 16.3. The number of hydrogen-bond donors (Lipinski definition) is 1. The summed E-state index contributed by atoms with van der Waals surface area (Å²) in [7, 11) is 0. The van der Waals surface area contributed by atoms with Crippen molar-refractivity contribution in [3.05, 3.63) is 54.1 Å². The zero-order valence-electron chi connectivity index (χ0n) is 15.8. The molecule has 2 aliphatic rings. The molecule has 1 atom stereocenters. The van der Waals surface area contributed by atoms with Crippen molar-refractivity contribution in [2.75, 3.05) is 19.6 Å². The van der Waals surface area contributed by atoms with Crippen LogP contribution in [-0.2, 0) is 11.3 Å². The first kappa shape index (κ1) is 18.4. The monoisotopic (exact) mass is 380 g/mol. The van der Waals surface area contributed by atoms with Crippen molar-refractivity contribution < 1.29 is 14.7 Å². The van der Waals surface area contributed by atoms with Crippen molar-refractivity contribution in [2.24, 2.45) is 5.41 Å². The molecule has 2 aromatic heterocycles. The molecule has 0 aliphatic carbocycles. The fourth-order valence-electron chi connectivity index (χ4n) is 4.38. The van der Waals surface area contributed by atoms with Gasteiger partial charge in [-0.1, -0.05) is 6.07 Å². The number of nitrogens with zero attached hydrogens (tertiary/aromatic N) is 4. The Balaban J connectivity index is 1.50. The SMILES string of the molecule is O=C1CC[C@]2(CCCN(C(=O)c3ncccc3O)C2)CN1Cc1cccnc1. The molecule has 146 valence electrons. The molecule has 4 rings (SSSR count). The average molecular weight is 380 g/mol. The summed E-state index contributed by atoms with van der Waals surface area (Å²) < 4.78 is 0. The van der Waals surface area contributed by atoms with Crippen LogP contribution < -0.4 is 0 Å².